The number of carbonyl (C=O) groups excluding carboxylic acids is 1. The normalized spacial score (nSPS) is 12.8. The molecule has 3 N–H and O–H groups in total. The van der Waals surface area contributed by atoms with Crippen molar-refractivity contribution in [1.82, 2.24) is 10.6 Å². The molecule has 1 unspecified atom stereocenters. The van der Waals surface area contributed by atoms with E-state index in [2.05, 4.69) is 10.6 Å². The van der Waals surface area contributed by atoms with Crippen LogP contribution in [0.2, 0.25) is 0 Å². The average molecular weight is 295 g/mol. The molecule has 0 radical (unpaired) electrons. The van der Waals surface area contributed by atoms with Gasteiger partial charge in [-0.25, -0.2) is 0 Å². The Morgan fingerprint density at radius 1 is 1.33 bits per heavy atom. The van der Waals surface area contributed by atoms with Crippen molar-refractivity contribution in [3.63, 3.8) is 0 Å². The maximum absolute atomic E-state index is 11.6. The molecule has 1 rings (SSSR count). The second kappa shape index (κ2) is 7.14. The Morgan fingerprint density at radius 2 is 1.90 bits per heavy atom. The number of aliphatic hydroxyl groups is 1. The minimum atomic E-state index is -0.826. The van der Waals surface area contributed by atoms with E-state index in [-0.39, 0.29) is 30.2 Å². The summed E-state index contributed by atoms with van der Waals surface area (Å²) in [5.41, 5.74) is 0.239. The number of amides is 1. The lowest BCUT2D eigenvalue weighted by atomic mass is 10.1. The molecule has 0 saturated carbocycles. The summed E-state index contributed by atoms with van der Waals surface area (Å²) >= 11 is 0. The number of hydrogen-bond donors (Lipinski definition) is 3. The van der Waals surface area contributed by atoms with Gasteiger partial charge in [0.1, 0.15) is 0 Å². The molecular formula is C14H21N3O4. The summed E-state index contributed by atoms with van der Waals surface area (Å²) in [5, 5.41) is 26.1. The molecular weight excluding hydrogens is 274 g/mol. The molecule has 1 amide bonds. The zero-order chi connectivity index (χ0) is 16.0. The topological polar surface area (TPSA) is 104 Å². The molecule has 0 bridgehead atoms. The molecule has 116 valence electrons. The van der Waals surface area contributed by atoms with Gasteiger partial charge in [-0.1, -0.05) is 0 Å². The van der Waals surface area contributed by atoms with Crippen LogP contribution in [0.5, 0.6) is 0 Å². The first-order chi connectivity index (χ1) is 9.69. The lowest BCUT2D eigenvalue weighted by Gasteiger charge is -2.21. The summed E-state index contributed by atoms with van der Waals surface area (Å²) < 4.78 is 0. The number of nitrogens with one attached hydrogen (secondary N) is 2. The maximum atomic E-state index is 11.6. The Bertz CT molecular complexity index is 494. The molecule has 0 saturated heterocycles. The van der Waals surface area contributed by atoms with Crippen molar-refractivity contribution in [3.05, 3.63) is 39.9 Å². The number of carbonyl (C=O) groups is 1. The number of nitro benzene ring substituents is 1. The molecule has 0 aliphatic carbocycles. The highest BCUT2D eigenvalue weighted by atomic mass is 16.6. The van der Waals surface area contributed by atoms with Gasteiger partial charge in [-0.3, -0.25) is 14.9 Å². The van der Waals surface area contributed by atoms with Crippen LogP contribution < -0.4 is 10.6 Å². The summed E-state index contributed by atoms with van der Waals surface area (Å²) in [7, 11) is 0. The van der Waals surface area contributed by atoms with Crippen molar-refractivity contribution < 1.29 is 14.8 Å². The highest BCUT2D eigenvalue weighted by Gasteiger charge is 2.14. The Kier molecular flexibility index (Phi) is 5.80. The Labute approximate surface area is 123 Å². The van der Waals surface area contributed by atoms with Crippen LogP contribution in [-0.2, 0) is 4.79 Å². The van der Waals surface area contributed by atoms with E-state index in [1.807, 2.05) is 20.8 Å². The molecule has 7 nitrogen and oxygen atoms in total. The zero-order valence-electron chi connectivity index (χ0n) is 12.4. The van der Waals surface area contributed by atoms with E-state index in [1.165, 1.54) is 24.3 Å². The van der Waals surface area contributed by atoms with Crippen LogP contribution in [0.1, 0.15) is 32.4 Å². The maximum Gasteiger partial charge on any atom is 0.269 e. The van der Waals surface area contributed by atoms with Gasteiger partial charge in [-0.2, -0.15) is 0 Å². The lowest BCUT2D eigenvalue weighted by Crippen LogP contribution is -2.45. The summed E-state index contributed by atoms with van der Waals surface area (Å²) in [4.78, 5) is 21.6. The average Bonchev–Trinajstić information content (AvgIpc) is 2.36. The van der Waals surface area contributed by atoms with Gasteiger partial charge in [0.25, 0.3) is 5.69 Å². The highest BCUT2D eigenvalue weighted by Crippen LogP contribution is 2.17. The fraction of sp³-hybridized carbons (Fsp3) is 0.500. The first-order valence-corrected chi connectivity index (χ1v) is 6.63. The van der Waals surface area contributed by atoms with Gasteiger partial charge < -0.3 is 15.7 Å². The molecule has 1 aromatic carbocycles. The Balaban J connectivity index is 2.42. The van der Waals surface area contributed by atoms with E-state index in [0.29, 0.717) is 5.56 Å². The van der Waals surface area contributed by atoms with Crippen molar-refractivity contribution in [2.24, 2.45) is 0 Å². The summed E-state index contributed by atoms with van der Waals surface area (Å²) in [6, 6.07) is 5.68. The molecule has 0 spiro atoms. The third kappa shape index (κ3) is 6.33. The molecule has 1 aromatic rings. The van der Waals surface area contributed by atoms with E-state index in [9.17, 15) is 20.0 Å². The van der Waals surface area contributed by atoms with Crippen molar-refractivity contribution >= 4 is 11.6 Å². The molecule has 0 aliphatic heterocycles. The molecule has 0 aliphatic rings. The third-order valence-electron chi connectivity index (χ3n) is 2.63. The number of nitrogens with zero attached hydrogens (tertiary/aromatic N) is 1. The van der Waals surface area contributed by atoms with Crippen LogP contribution >= 0.6 is 0 Å². The lowest BCUT2D eigenvalue weighted by molar-refractivity contribution is -0.384. The predicted octanol–water partition coefficient (Wildman–Crippen LogP) is 1.13. The number of hydrogen-bond acceptors (Lipinski definition) is 5. The van der Waals surface area contributed by atoms with Gasteiger partial charge in [-0.15, -0.1) is 0 Å². The number of aliphatic hydroxyl groups excluding tert-OH is 1. The second-order valence-corrected chi connectivity index (χ2v) is 5.79. The minimum absolute atomic E-state index is 0.0246. The van der Waals surface area contributed by atoms with Crippen molar-refractivity contribution in [2.45, 2.75) is 32.4 Å². The number of rotatable bonds is 6. The molecule has 1 atom stereocenters. The summed E-state index contributed by atoms with van der Waals surface area (Å²) in [6.45, 7) is 5.94. The van der Waals surface area contributed by atoms with Gasteiger partial charge >= 0.3 is 0 Å². The zero-order valence-corrected chi connectivity index (χ0v) is 12.4. The van der Waals surface area contributed by atoms with Crippen LogP contribution in [0, 0.1) is 10.1 Å². The van der Waals surface area contributed by atoms with Gasteiger partial charge in [0.05, 0.1) is 17.6 Å². The fourth-order valence-corrected chi connectivity index (χ4v) is 1.72. The largest absolute Gasteiger partial charge is 0.387 e. The van der Waals surface area contributed by atoms with Gasteiger partial charge in [-0.05, 0) is 38.5 Å². The quantitative estimate of drug-likeness (QED) is 0.539. The predicted molar refractivity (Wildman–Crippen MR) is 78.8 cm³/mol. The second-order valence-electron chi connectivity index (χ2n) is 5.79. The first kappa shape index (κ1) is 17.1. The molecule has 21 heavy (non-hydrogen) atoms. The SMILES string of the molecule is CC(C)(C)NC(=O)CNCC(O)c1ccc([N+](=O)[O-])cc1. The molecule has 0 fully saturated rings. The van der Waals surface area contributed by atoms with Crippen LogP contribution in [-0.4, -0.2) is 34.6 Å². The third-order valence-corrected chi connectivity index (χ3v) is 2.63. The van der Waals surface area contributed by atoms with E-state index in [0.717, 1.165) is 0 Å². The molecule has 0 aromatic heterocycles. The monoisotopic (exact) mass is 295 g/mol. The first-order valence-electron chi connectivity index (χ1n) is 6.63. The standard InChI is InChI=1S/C14H21N3O4/c1-14(2,3)16-13(19)9-15-8-12(18)10-4-6-11(7-5-10)17(20)21/h4-7,12,15,18H,8-9H2,1-3H3,(H,16,19). The minimum Gasteiger partial charge on any atom is -0.387 e. The van der Waals surface area contributed by atoms with Crippen LogP contribution in [0.4, 0.5) is 5.69 Å². The number of non-ortho nitro benzene ring substituents is 1. The fourth-order valence-electron chi connectivity index (χ4n) is 1.72. The smallest absolute Gasteiger partial charge is 0.269 e. The van der Waals surface area contributed by atoms with E-state index >= 15 is 0 Å². The summed E-state index contributed by atoms with van der Waals surface area (Å²) in [6.07, 6.45) is -0.826. The molecule has 0 heterocycles. The number of benzene rings is 1. The van der Waals surface area contributed by atoms with Crippen molar-refractivity contribution in [1.29, 1.82) is 0 Å². The van der Waals surface area contributed by atoms with Gasteiger partial charge in [0.2, 0.25) is 5.91 Å². The van der Waals surface area contributed by atoms with Crippen molar-refractivity contribution in [2.75, 3.05) is 13.1 Å². The number of nitro groups is 1. The van der Waals surface area contributed by atoms with E-state index in [1.54, 1.807) is 0 Å². The van der Waals surface area contributed by atoms with E-state index in [4.69, 9.17) is 0 Å². The van der Waals surface area contributed by atoms with Gasteiger partial charge in [0.15, 0.2) is 0 Å². The summed E-state index contributed by atoms with van der Waals surface area (Å²) in [5.74, 6) is -0.154. The Hall–Kier alpha value is -1.99. The Morgan fingerprint density at radius 3 is 2.38 bits per heavy atom. The van der Waals surface area contributed by atoms with Gasteiger partial charge in [0, 0.05) is 24.2 Å². The van der Waals surface area contributed by atoms with Crippen molar-refractivity contribution in [3.8, 4) is 0 Å². The molecule has 7 heteroatoms. The van der Waals surface area contributed by atoms with Crippen LogP contribution in [0.25, 0.3) is 0 Å². The van der Waals surface area contributed by atoms with E-state index < -0.39 is 11.0 Å². The highest BCUT2D eigenvalue weighted by molar-refractivity contribution is 5.78. The van der Waals surface area contributed by atoms with Crippen LogP contribution in [0.15, 0.2) is 24.3 Å². The van der Waals surface area contributed by atoms with Crippen LogP contribution in [0.3, 0.4) is 0 Å².